The molecule has 0 aliphatic carbocycles. The molecule has 1 unspecified atom stereocenters. The van der Waals surface area contributed by atoms with Crippen LogP contribution in [0.4, 0.5) is 0 Å². The second-order valence-corrected chi connectivity index (χ2v) is 5.12. The minimum atomic E-state index is -0.647. The molecule has 0 spiro atoms. The Morgan fingerprint density at radius 2 is 2.28 bits per heavy atom. The van der Waals surface area contributed by atoms with Crippen molar-refractivity contribution in [3.05, 3.63) is 0 Å². The molecule has 2 N–H and O–H groups in total. The summed E-state index contributed by atoms with van der Waals surface area (Å²) in [6, 6.07) is -0.647. The van der Waals surface area contributed by atoms with Gasteiger partial charge in [0.15, 0.2) is 0 Å². The van der Waals surface area contributed by atoms with E-state index >= 15 is 0 Å². The van der Waals surface area contributed by atoms with E-state index in [0.717, 1.165) is 6.42 Å². The van der Waals surface area contributed by atoms with Crippen molar-refractivity contribution >= 4 is 29.5 Å². The van der Waals surface area contributed by atoms with Gasteiger partial charge in [0.1, 0.15) is 6.04 Å². The van der Waals surface area contributed by atoms with Crippen LogP contribution < -0.4 is 5.73 Å². The normalized spacial score (nSPS) is 16.8. The Bertz CT molecular complexity index is 335. The van der Waals surface area contributed by atoms with Crippen LogP contribution in [0.5, 0.6) is 0 Å². The zero-order valence-electron chi connectivity index (χ0n) is 10.4. The van der Waals surface area contributed by atoms with E-state index in [1.807, 2.05) is 0 Å². The molecule has 1 aliphatic heterocycles. The first-order chi connectivity index (χ1) is 8.56. The molecule has 1 heterocycles. The summed E-state index contributed by atoms with van der Waals surface area (Å²) in [7, 11) is 1.29. The van der Waals surface area contributed by atoms with Gasteiger partial charge in [-0.15, -0.1) is 0 Å². The minimum Gasteiger partial charge on any atom is -0.468 e. The summed E-state index contributed by atoms with van der Waals surface area (Å²) in [5, 5.41) is 0. The molecule has 0 aromatic carbocycles. The lowest BCUT2D eigenvalue weighted by atomic mass is 10.2. The molecule has 1 atom stereocenters. The summed E-state index contributed by atoms with van der Waals surface area (Å²) in [6.07, 6.45) is 1.67. The molecule has 0 aromatic heterocycles. The van der Waals surface area contributed by atoms with E-state index in [-0.39, 0.29) is 17.6 Å². The average molecular weight is 274 g/mol. The first-order valence-corrected chi connectivity index (χ1v) is 6.96. The van der Waals surface area contributed by atoms with Gasteiger partial charge in [-0.3, -0.25) is 19.3 Å². The number of esters is 1. The van der Waals surface area contributed by atoms with E-state index in [9.17, 15) is 14.4 Å². The van der Waals surface area contributed by atoms with Crippen molar-refractivity contribution in [3.63, 3.8) is 0 Å². The van der Waals surface area contributed by atoms with E-state index < -0.39 is 12.0 Å². The monoisotopic (exact) mass is 274 g/mol. The lowest BCUT2D eigenvalue weighted by molar-refractivity contribution is -0.142. The average Bonchev–Trinajstić information content (AvgIpc) is 2.79. The SMILES string of the molecule is COC(=O)C(N)CCSCC(=O)N1CCCC1=O. The van der Waals surface area contributed by atoms with Gasteiger partial charge in [0.2, 0.25) is 11.8 Å². The Morgan fingerprint density at radius 3 is 2.83 bits per heavy atom. The maximum absolute atomic E-state index is 11.7. The maximum atomic E-state index is 11.7. The topological polar surface area (TPSA) is 89.7 Å². The third-order valence-corrected chi connectivity index (χ3v) is 3.65. The highest BCUT2D eigenvalue weighted by atomic mass is 32.2. The Kier molecular flexibility index (Phi) is 6.14. The molecule has 1 saturated heterocycles. The van der Waals surface area contributed by atoms with Crippen molar-refractivity contribution in [3.8, 4) is 0 Å². The highest BCUT2D eigenvalue weighted by Gasteiger charge is 2.25. The van der Waals surface area contributed by atoms with E-state index in [0.29, 0.717) is 25.1 Å². The number of ether oxygens (including phenoxy) is 1. The zero-order chi connectivity index (χ0) is 13.5. The molecule has 0 aromatic rings. The van der Waals surface area contributed by atoms with Crippen molar-refractivity contribution in [2.45, 2.75) is 25.3 Å². The quantitative estimate of drug-likeness (QED) is 0.531. The standard InChI is InChI=1S/C11H18N2O4S/c1-17-11(16)8(12)4-6-18-7-10(15)13-5-2-3-9(13)14/h8H,2-7,12H2,1H3. The molecule has 0 radical (unpaired) electrons. The van der Waals surface area contributed by atoms with Gasteiger partial charge in [0.25, 0.3) is 0 Å². The number of imide groups is 1. The highest BCUT2D eigenvalue weighted by molar-refractivity contribution is 7.99. The highest BCUT2D eigenvalue weighted by Crippen LogP contribution is 2.13. The number of nitrogens with zero attached hydrogens (tertiary/aromatic N) is 1. The number of likely N-dealkylation sites (tertiary alicyclic amines) is 1. The molecule has 18 heavy (non-hydrogen) atoms. The number of thioether (sulfide) groups is 1. The number of carbonyl (C=O) groups is 3. The molecule has 6 nitrogen and oxygen atoms in total. The predicted molar refractivity (Wildman–Crippen MR) is 67.9 cm³/mol. The molecule has 1 fully saturated rings. The van der Waals surface area contributed by atoms with E-state index in [4.69, 9.17) is 5.73 Å². The molecule has 1 aliphatic rings. The fourth-order valence-electron chi connectivity index (χ4n) is 1.63. The Balaban J connectivity index is 2.16. The van der Waals surface area contributed by atoms with Gasteiger partial charge in [0, 0.05) is 13.0 Å². The molecule has 1 rings (SSSR count). The van der Waals surface area contributed by atoms with Crippen molar-refractivity contribution in [1.29, 1.82) is 0 Å². The fourth-order valence-corrected chi connectivity index (χ4v) is 2.52. The number of rotatable bonds is 6. The van der Waals surface area contributed by atoms with E-state index in [2.05, 4.69) is 4.74 Å². The summed E-state index contributed by atoms with van der Waals surface area (Å²) in [4.78, 5) is 35.3. The smallest absolute Gasteiger partial charge is 0.322 e. The first kappa shape index (κ1) is 15.0. The molecule has 2 amide bonds. The van der Waals surface area contributed by atoms with Gasteiger partial charge >= 0.3 is 5.97 Å². The summed E-state index contributed by atoms with van der Waals surface area (Å²) in [5.41, 5.74) is 5.55. The van der Waals surface area contributed by atoms with Crippen LogP contribution in [0.15, 0.2) is 0 Å². The first-order valence-electron chi connectivity index (χ1n) is 5.80. The predicted octanol–water partition coefficient (Wildman–Crippen LogP) is -0.241. The Morgan fingerprint density at radius 1 is 1.56 bits per heavy atom. The van der Waals surface area contributed by atoms with Gasteiger partial charge in [-0.25, -0.2) is 0 Å². The summed E-state index contributed by atoms with van der Waals surface area (Å²) >= 11 is 1.38. The zero-order valence-corrected chi connectivity index (χ0v) is 11.2. The number of carbonyl (C=O) groups excluding carboxylic acids is 3. The summed E-state index contributed by atoms with van der Waals surface area (Å²) < 4.78 is 4.49. The van der Waals surface area contributed by atoms with Crippen LogP contribution in [0.25, 0.3) is 0 Å². The molecule has 7 heteroatoms. The van der Waals surface area contributed by atoms with Gasteiger partial charge in [0.05, 0.1) is 12.9 Å². The van der Waals surface area contributed by atoms with Crippen molar-refractivity contribution in [1.82, 2.24) is 4.90 Å². The maximum Gasteiger partial charge on any atom is 0.322 e. The largest absolute Gasteiger partial charge is 0.468 e. The molecule has 102 valence electrons. The minimum absolute atomic E-state index is 0.0909. The van der Waals surface area contributed by atoms with Crippen LogP contribution in [0.2, 0.25) is 0 Å². The fraction of sp³-hybridized carbons (Fsp3) is 0.727. The second kappa shape index (κ2) is 7.38. The number of methoxy groups -OCH3 is 1. The van der Waals surface area contributed by atoms with E-state index in [1.54, 1.807) is 0 Å². The van der Waals surface area contributed by atoms with Crippen molar-refractivity contribution in [2.75, 3.05) is 25.2 Å². The van der Waals surface area contributed by atoms with Gasteiger partial charge < -0.3 is 10.5 Å². The molecule has 0 saturated carbocycles. The Labute approximate surface area is 110 Å². The third kappa shape index (κ3) is 4.30. The Hall–Kier alpha value is -1.08. The van der Waals surface area contributed by atoms with Crippen LogP contribution in [0.1, 0.15) is 19.3 Å². The van der Waals surface area contributed by atoms with Gasteiger partial charge in [-0.1, -0.05) is 0 Å². The number of nitrogens with two attached hydrogens (primary N) is 1. The van der Waals surface area contributed by atoms with Crippen LogP contribution in [-0.4, -0.2) is 53.9 Å². The van der Waals surface area contributed by atoms with Crippen LogP contribution in [0.3, 0.4) is 0 Å². The molecule has 0 bridgehead atoms. The van der Waals surface area contributed by atoms with Crippen molar-refractivity contribution < 1.29 is 19.1 Å². The van der Waals surface area contributed by atoms with E-state index in [1.165, 1.54) is 23.8 Å². The number of hydrogen-bond donors (Lipinski definition) is 1. The lowest BCUT2D eigenvalue weighted by Crippen LogP contribution is -2.34. The van der Waals surface area contributed by atoms with Crippen LogP contribution >= 0.6 is 11.8 Å². The third-order valence-electron chi connectivity index (χ3n) is 2.68. The van der Waals surface area contributed by atoms with Gasteiger partial charge in [-0.2, -0.15) is 11.8 Å². The summed E-state index contributed by atoms with van der Waals surface area (Å²) in [5.74, 6) is 0.140. The van der Waals surface area contributed by atoms with Crippen LogP contribution in [-0.2, 0) is 19.1 Å². The second-order valence-electron chi connectivity index (χ2n) is 4.01. The number of amides is 2. The van der Waals surface area contributed by atoms with Crippen LogP contribution in [0, 0.1) is 0 Å². The summed E-state index contributed by atoms with van der Waals surface area (Å²) in [6.45, 7) is 0.528. The molecular weight excluding hydrogens is 256 g/mol. The van der Waals surface area contributed by atoms with Crippen molar-refractivity contribution in [2.24, 2.45) is 5.73 Å². The molecular formula is C11H18N2O4S. The number of hydrogen-bond acceptors (Lipinski definition) is 6. The lowest BCUT2D eigenvalue weighted by Gasteiger charge is -2.13. The van der Waals surface area contributed by atoms with Gasteiger partial charge in [-0.05, 0) is 18.6 Å².